The first-order valence-electron chi connectivity index (χ1n) is 6.79. The molecular weight excluding hydrogens is 301 g/mol. The largest absolute Gasteiger partial charge is 0.508 e. The van der Waals surface area contributed by atoms with E-state index >= 15 is 0 Å². The standard InChI is InChI=1S/C17H12FNO4/c18-11-3-1-10(2-4-11)8-19-9-14(17(22)23)16(21)13-7-12(20)5-6-15(13)19/h1-7,9,20H,8H2,(H,22,23). The first kappa shape index (κ1) is 14.8. The van der Waals surface area contributed by atoms with Crippen LogP contribution in [-0.2, 0) is 6.54 Å². The van der Waals surface area contributed by atoms with E-state index < -0.39 is 11.4 Å². The summed E-state index contributed by atoms with van der Waals surface area (Å²) >= 11 is 0. The van der Waals surface area contributed by atoms with E-state index in [2.05, 4.69) is 0 Å². The van der Waals surface area contributed by atoms with Gasteiger partial charge in [0.1, 0.15) is 17.1 Å². The first-order chi connectivity index (χ1) is 11.0. The van der Waals surface area contributed by atoms with Crippen LogP contribution in [-0.4, -0.2) is 20.7 Å². The number of benzene rings is 2. The van der Waals surface area contributed by atoms with Crippen LogP contribution in [0.5, 0.6) is 5.75 Å². The van der Waals surface area contributed by atoms with Gasteiger partial charge in [0.2, 0.25) is 5.43 Å². The van der Waals surface area contributed by atoms with Gasteiger partial charge in [-0.25, -0.2) is 9.18 Å². The van der Waals surface area contributed by atoms with E-state index in [1.807, 2.05) is 0 Å². The van der Waals surface area contributed by atoms with Crippen LogP contribution in [0.4, 0.5) is 4.39 Å². The Balaban J connectivity index is 2.22. The minimum atomic E-state index is -1.34. The van der Waals surface area contributed by atoms with Crippen LogP contribution < -0.4 is 5.43 Å². The van der Waals surface area contributed by atoms with E-state index in [0.29, 0.717) is 5.52 Å². The van der Waals surface area contributed by atoms with Gasteiger partial charge in [-0.2, -0.15) is 0 Å². The second kappa shape index (κ2) is 5.57. The number of aromatic hydroxyl groups is 1. The number of phenolic OH excluding ortho intramolecular Hbond substituents is 1. The molecule has 0 amide bonds. The summed E-state index contributed by atoms with van der Waals surface area (Å²) in [7, 11) is 0. The summed E-state index contributed by atoms with van der Waals surface area (Å²) in [6.07, 6.45) is 1.26. The van der Waals surface area contributed by atoms with Crippen LogP contribution in [0, 0.1) is 5.82 Å². The second-order valence-corrected chi connectivity index (χ2v) is 5.13. The summed E-state index contributed by atoms with van der Waals surface area (Å²) in [6, 6.07) is 9.99. The molecule has 5 nitrogen and oxygen atoms in total. The molecule has 0 saturated carbocycles. The van der Waals surface area contributed by atoms with Crippen LogP contribution in [0.3, 0.4) is 0 Å². The molecule has 116 valence electrons. The number of aromatic carboxylic acids is 1. The number of hydrogen-bond acceptors (Lipinski definition) is 3. The van der Waals surface area contributed by atoms with E-state index in [4.69, 9.17) is 0 Å². The van der Waals surface area contributed by atoms with Crippen molar-refractivity contribution in [1.29, 1.82) is 0 Å². The van der Waals surface area contributed by atoms with E-state index in [9.17, 15) is 24.2 Å². The fraction of sp³-hybridized carbons (Fsp3) is 0.0588. The number of carbonyl (C=O) groups is 1. The molecule has 2 aromatic carbocycles. The maximum atomic E-state index is 13.0. The molecular formula is C17H12FNO4. The molecule has 0 spiro atoms. The first-order valence-corrected chi connectivity index (χ1v) is 6.79. The van der Waals surface area contributed by atoms with Crippen molar-refractivity contribution < 1.29 is 19.4 Å². The molecule has 3 rings (SSSR count). The highest BCUT2D eigenvalue weighted by atomic mass is 19.1. The van der Waals surface area contributed by atoms with Gasteiger partial charge in [-0.15, -0.1) is 0 Å². The zero-order chi connectivity index (χ0) is 16.6. The molecule has 0 radical (unpaired) electrons. The number of aromatic nitrogens is 1. The molecule has 0 atom stereocenters. The van der Waals surface area contributed by atoms with Gasteiger partial charge in [-0.05, 0) is 35.9 Å². The number of fused-ring (bicyclic) bond motifs is 1. The average Bonchev–Trinajstić information content (AvgIpc) is 2.52. The number of hydrogen-bond donors (Lipinski definition) is 2. The van der Waals surface area contributed by atoms with E-state index in [1.54, 1.807) is 22.8 Å². The number of carboxylic acids is 1. The topological polar surface area (TPSA) is 79.5 Å². The Hall–Kier alpha value is -3.15. The highest BCUT2D eigenvalue weighted by Gasteiger charge is 2.15. The number of phenols is 1. The van der Waals surface area contributed by atoms with Gasteiger partial charge >= 0.3 is 5.97 Å². The third-order valence-corrected chi connectivity index (χ3v) is 3.56. The van der Waals surface area contributed by atoms with Crippen LogP contribution in [0.25, 0.3) is 10.9 Å². The Labute approximate surface area is 129 Å². The fourth-order valence-corrected chi connectivity index (χ4v) is 2.46. The lowest BCUT2D eigenvalue weighted by atomic mass is 10.1. The molecule has 0 unspecified atom stereocenters. The van der Waals surface area contributed by atoms with E-state index in [1.165, 1.54) is 30.5 Å². The molecule has 0 aliphatic heterocycles. The second-order valence-electron chi connectivity index (χ2n) is 5.13. The fourth-order valence-electron chi connectivity index (χ4n) is 2.46. The molecule has 0 aliphatic rings. The molecule has 23 heavy (non-hydrogen) atoms. The summed E-state index contributed by atoms with van der Waals surface area (Å²) in [4.78, 5) is 23.5. The molecule has 2 N–H and O–H groups in total. The third-order valence-electron chi connectivity index (χ3n) is 3.56. The van der Waals surface area contributed by atoms with E-state index in [0.717, 1.165) is 5.56 Å². The molecule has 3 aromatic rings. The van der Waals surface area contributed by atoms with Crippen LogP contribution in [0.15, 0.2) is 53.5 Å². The molecule has 0 aliphatic carbocycles. The Bertz CT molecular complexity index is 961. The van der Waals surface area contributed by atoms with Crippen molar-refractivity contribution in [3.8, 4) is 5.75 Å². The highest BCUT2D eigenvalue weighted by Crippen LogP contribution is 2.19. The van der Waals surface area contributed by atoms with Crippen molar-refractivity contribution in [3.63, 3.8) is 0 Å². The van der Waals surface area contributed by atoms with Gasteiger partial charge in [0, 0.05) is 12.7 Å². The van der Waals surface area contributed by atoms with Gasteiger partial charge in [-0.1, -0.05) is 12.1 Å². The van der Waals surface area contributed by atoms with Crippen LogP contribution in [0.1, 0.15) is 15.9 Å². The smallest absolute Gasteiger partial charge is 0.341 e. The van der Waals surface area contributed by atoms with Crippen molar-refractivity contribution in [2.45, 2.75) is 6.54 Å². The Morgan fingerprint density at radius 2 is 1.83 bits per heavy atom. The van der Waals surface area contributed by atoms with Crippen molar-refractivity contribution in [3.05, 3.63) is 75.8 Å². The maximum Gasteiger partial charge on any atom is 0.341 e. The van der Waals surface area contributed by atoms with Crippen molar-refractivity contribution >= 4 is 16.9 Å². The summed E-state index contributed by atoms with van der Waals surface area (Å²) in [5, 5.41) is 18.9. The number of rotatable bonds is 3. The maximum absolute atomic E-state index is 13.0. The monoisotopic (exact) mass is 313 g/mol. The lowest BCUT2D eigenvalue weighted by Gasteiger charge is -2.12. The minimum Gasteiger partial charge on any atom is -0.508 e. The molecule has 0 bridgehead atoms. The van der Waals surface area contributed by atoms with Gasteiger partial charge in [0.15, 0.2) is 0 Å². The van der Waals surface area contributed by atoms with Gasteiger partial charge < -0.3 is 14.8 Å². The highest BCUT2D eigenvalue weighted by molar-refractivity contribution is 5.92. The Morgan fingerprint density at radius 1 is 1.13 bits per heavy atom. The number of nitrogens with zero attached hydrogens (tertiary/aromatic N) is 1. The summed E-state index contributed by atoms with van der Waals surface area (Å²) in [5.41, 5.74) is 0.201. The molecule has 0 fully saturated rings. The van der Waals surface area contributed by atoms with Crippen molar-refractivity contribution in [2.75, 3.05) is 0 Å². The Morgan fingerprint density at radius 3 is 2.48 bits per heavy atom. The lowest BCUT2D eigenvalue weighted by molar-refractivity contribution is 0.0695. The van der Waals surface area contributed by atoms with E-state index in [-0.39, 0.29) is 29.1 Å². The zero-order valence-electron chi connectivity index (χ0n) is 11.9. The summed E-state index contributed by atoms with van der Waals surface area (Å²) in [6.45, 7) is 0.266. The van der Waals surface area contributed by atoms with Crippen LogP contribution >= 0.6 is 0 Å². The molecule has 0 saturated heterocycles. The van der Waals surface area contributed by atoms with Crippen LogP contribution in [0.2, 0.25) is 0 Å². The number of pyridine rings is 1. The van der Waals surface area contributed by atoms with Gasteiger partial charge in [-0.3, -0.25) is 4.79 Å². The number of carboxylic acid groups (broad SMARTS) is 1. The number of halogens is 1. The third kappa shape index (κ3) is 2.78. The quantitative estimate of drug-likeness (QED) is 0.779. The summed E-state index contributed by atoms with van der Waals surface area (Å²) < 4.78 is 14.6. The zero-order valence-corrected chi connectivity index (χ0v) is 11.9. The SMILES string of the molecule is O=C(O)c1cn(Cc2ccc(F)cc2)c2ccc(O)cc2c1=O. The molecule has 1 heterocycles. The predicted octanol–water partition coefficient (Wildman–Crippen LogP) is 2.59. The average molecular weight is 313 g/mol. The van der Waals surface area contributed by atoms with Crippen molar-refractivity contribution in [2.24, 2.45) is 0 Å². The predicted molar refractivity (Wildman–Crippen MR) is 82.3 cm³/mol. The summed E-state index contributed by atoms with van der Waals surface area (Å²) in [5.74, 6) is -1.83. The lowest BCUT2D eigenvalue weighted by Crippen LogP contribution is -2.19. The van der Waals surface area contributed by atoms with Gasteiger partial charge in [0.05, 0.1) is 10.9 Å². The van der Waals surface area contributed by atoms with Gasteiger partial charge in [0.25, 0.3) is 0 Å². The molecule has 1 aromatic heterocycles. The Kier molecular flexibility index (Phi) is 3.57. The minimum absolute atomic E-state index is 0.118. The van der Waals surface area contributed by atoms with Crippen molar-refractivity contribution in [1.82, 2.24) is 4.57 Å². The normalized spacial score (nSPS) is 10.8. The molecule has 6 heteroatoms.